The summed E-state index contributed by atoms with van der Waals surface area (Å²) in [5.41, 5.74) is 0.703. The lowest BCUT2D eigenvalue weighted by Gasteiger charge is -2.37. The van der Waals surface area contributed by atoms with Crippen molar-refractivity contribution in [3.05, 3.63) is 24.3 Å². The van der Waals surface area contributed by atoms with E-state index in [0.29, 0.717) is 37.8 Å². The summed E-state index contributed by atoms with van der Waals surface area (Å²) in [6.07, 6.45) is 1.00. The maximum absolute atomic E-state index is 12.3. The number of benzene rings is 1. The Hall–Kier alpha value is -1.60. The van der Waals surface area contributed by atoms with Crippen LogP contribution in [0.4, 0.5) is 5.69 Å². The van der Waals surface area contributed by atoms with E-state index in [1.165, 1.54) is 7.05 Å². The van der Waals surface area contributed by atoms with Gasteiger partial charge in [-0.1, -0.05) is 19.1 Å². The van der Waals surface area contributed by atoms with E-state index in [-0.39, 0.29) is 16.7 Å². The summed E-state index contributed by atoms with van der Waals surface area (Å²) < 4.78 is 26.7. The number of sulfonamides is 1. The highest BCUT2D eigenvalue weighted by Crippen LogP contribution is 2.39. The van der Waals surface area contributed by atoms with Gasteiger partial charge in [0.2, 0.25) is 15.9 Å². The van der Waals surface area contributed by atoms with Crippen LogP contribution in [0, 0.1) is 11.8 Å². The second kappa shape index (κ2) is 6.13. The Morgan fingerprint density at radius 1 is 1.17 bits per heavy atom. The predicted octanol–water partition coefficient (Wildman–Crippen LogP) is 0.899. The number of anilines is 1. The van der Waals surface area contributed by atoms with E-state index in [4.69, 9.17) is 0 Å². The SMILES string of the molecule is CNS(=O)(=O)c1ccccc1N1CCN(C(=O)C2CC2C)CC1. The third-order valence-corrected chi connectivity index (χ3v) is 6.24. The molecular weight excluding hydrogens is 314 g/mol. The molecule has 2 unspecified atom stereocenters. The summed E-state index contributed by atoms with van der Waals surface area (Å²) in [5, 5.41) is 0. The predicted molar refractivity (Wildman–Crippen MR) is 88.8 cm³/mol. The van der Waals surface area contributed by atoms with Crippen LogP contribution in [0.5, 0.6) is 0 Å². The molecule has 1 N–H and O–H groups in total. The first-order valence-electron chi connectivity index (χ1n) is 8.00. The summed E-state index contributed by atoms with van der Waals surface area (Å²) in [6.45, 7) is 4.72. The Kier molecular flexibility index (Phi) is 4.33. The van der Waals surface area contributed by atoms with Gasteiger partial charge in [0, 0.05) is 32.1 Å². The van der Waals surface area contributed by atoms with Crippen LogP contribution in [0.1, 0.15) is 13.3 Å². The van der Waals surface area contributed by atoms with Crippen LogP contribution >= 0.6 is 0 Å². The van der Waals surface area contributed by atoms with Gasteiger partial charge in [0.1, 0.15) is 4.90 Å². The molecule has 1 aliphatic carbocycles. The molecule has 0 radical (unpaired) electrons. The molecule has 23 heavy (non-hydrogen) atoms. The first kappa shape index (κ1) is 16.3. The average molecular weight is 337 g/mol. The number of piperazine rings is 1. The van der Waals surface area contributed by atoms with Crippen molar-refractivity contribution >= 4 is 21.6 Å². The van der Waals surface area contributed by atoms with Gasteiger partial charge >= 0.3 is 0 Å². The number of nitrogens with one attached hydrogen (secondary N) is 1. The maximum Gasteiger partial charge on any atom is 0.242 e. The highest BCUT2D eigenvalue weighted by molar-refractivity contribution is 7.89. The number of hydrogen-bond acceptors (Lipinski definition) is 4. The number of amides is 1. The van der Waals surface area contributed by atoms with Crippen molar-refractivity contribution < 1.29 is 13.2 Å². The van der Waals surface area contributed by atoms with Crippen LogP contribution in [0.2, 0.25) is 0 Å². The van der Waals surface area contributed by atoms with Crippen molar-refractivity contribution in [2.45, 2.75) is 18.2 Å². The van der Waals surface area contributed by atoms with Gasteiger partial charge in [-0.2, -0.15) is 0 Å². The van der Waals surface area contributed by atoms with Crippen molar-refractivity contribution in [1.29, 1.82) is 0 Å². The Bertz CT molecular complexity index is 696. The van der Waals surface area contributed by atoms with Gasteiger partial charge in [-0.25, -0.2) is 13.1 Å². The lowest BCUT2D eigenvalue weighted by atomic mass is 10.2. The number of nitrogens with zero attached hydrogens (tertiary/aromatic N) is 2. The number of hydrogen-bond donors (Lipinski definition) is 1. The molecule has 1 aromatic rings. The first-order valence-corrected chi connectivity index (χ1v) is 9.48. The van der Waals surface area contributed by atoms with Crippen LogP contribution in [-0.2, 0) is 14.8 Å². The van der Waals surface area contributed by atoms with E-state index in [2.05, 4.69) is 11.6 Å². The van der Waals surface area contributed by atoms with Gasteiger partial charge in [0.05, 0.1) is 5.69 Å². The van der Waals surface area contributed by atoms with Crippen molar-refractivity contribution in [3.63, 3.8) is 0 Å². The molecule has 2 aliphatic rings. The topological polar surface area (TPSA) is 69.7 Å². The van der Waals surface area contributed by atoms with Crippen LogP contribution in [0.3, 0.4) is 0 Å². The van der Waals surface area contributed by atoms with Crippen LogP contribution in [0.25, 0.3) is 0 Å². The highest BCUT2D eigenvalue weighted by Gasteiger charge is 2.42. The minimum absolute atomic E-state index is 0.207. The summed E-state index contributed by atoms with van der Waals surface area (Å²) in [5.74, 6) is 0.980. The standard InChI is InChI=1S/C16H23N3O3S/c1-12-11-13(12)16(20)19-9-7-18(8-10-19)14-5-3-4-6-15(14)23(21,22)17-2/h3-6,12-13,17H,7-11H2,1-2H3. The molecule has 0 aromatic heterocycles. The molecule has 2 atom stereocenters. The molecule has 1 saturated heterocycles. The third kappa shape index (κ3) is 3.21. The Labute approximate surface area is 137 Å². The first-order chi connectivity index (χ1) is 10.9. The van der Waals surface area contributed by atoms with Gasteiger partial charge in [0.15, 0.2) is 0 Å². The van der Waals surface area contributed by atoms with Crippen molar-refractivity contribution in [2.24, 2.45) is 11.8 Å². The number of rotatable bonds is 4. The van der Waals surface area contributed by atoms with E-state index in [1.54, 1.807) is 12.1 Å². The molecule has 1 aromatic carbocycles. The monoisotopic (exact) mass is 337 g/mol. The largest absolute Gasteiger partial charge is 0.367 e. The third-order valence-electron chi connectivity index (χ3n) is 4.78. The molecule has 1 amide bonds. The van der Waals surface area contributed by atoms with Crippen LogP contribution < -0.4 is 9.62 Å². The zero-order valence-electron chi connectivity index (χ0n) is 13.5. The smallest absolute Gasteiger partial charge is 0.242 e. The summed E-state index contributed by atoms with van der Waals surface area (Å²) in [6, 6.07) is 7.00. The number of carbonyl (C=O) groups is 1. The molecule has 6 nitrogen and oxygen atoms in total. The molecule has 0 spiro atoms. The number of para-hydroxylation sites is 1. The quantitative estimate of drug-likeness (QED) is 0.886. The van der Waals surface area contributed by atoms with Crippen LogP contribution in [-0.4, -0.2) is 52.5 Å². The molecule has 2 fully saturated rings. The normalized spacial score (nSPS) is 24.6. The van der Waals surface area contributed by atoms with E-state index in [0.717, 1.165) is 6.42 Å². The molecule has 126 valence electrons. The second-order valence-corrected chi connectivity index (χ2v) is 8.16. The van der Waals surface area contributed by atoms with E-state index < -0.39 is 10.0 Å². The van der Waals surface area contributed by atoms with Gasteiger partial charge in [-0.15, -0.1) is 0 Å². The van der Waals surface area contributed by atoms with E-state index in [9.17, 15) is 13.2 Å². The second-order valence-electron chi connectivity index (χ2n) is 6.31. The van der Waals surface area contributed by atoms with Gasteiger partial charge in [0.25, 0.3) is 0 Å². The zero-order chi connectivity index (χ0) is 16.6. The number of carbonyl (C=O) groups excluding carboxylic acids is 1. The Morgan fingerprint density at radius 2 is 1.78 bits per heavy atom. The Morgan fingerprint density at radius 3 is 2.35 bits per heavy atom. The van der Waals surface area contributed by atoms with E-state index >= 15 is 0 Å². The average Bonchev–Trinajstić information content (AvgIpc) is 3.31. The lowest BCUT2D eigenvalue weighted by molar-refractivity contribution is -0.133. The molecule has 0 bridgehead atoms. The molecule has 1 saturated carbocycles. The van der Waals surface area contributed by atoms with Gasteiger partial charge < -0.3 is 9.80 Å². The van der Waals surface area contributed by atoms with Crippen molar-refractivity contribution in [1.82, 2.24) is 9.62 Å². The minimum Gasteiger partial charge on any atom is -0.367 e. The van der Waals surface area contributed by atoms with Crippen molar-refractivity contribution in [3.8, 4) is 0 Å². The molecule has 7 heteroatoms. The Balaban J connectivity index is 1.72. The summed E-state index contributed by atoms with van der Waals surface area (Å²) in [4.78, 5) is 16.5. The minimum atomic E-state index is -3.49. The summed E-state index contributed by atoms with van der Waals surface area (Å²) in [7, 11) is -2.07. The molecule has 3 rings (SSSR count). The molecule has 1 heterocycles. The van der Waals surface area contributed by atoms with Gasteiger partial charge in [-0.3, -0.25) is 4.79 Å². The van der Waals surface area contributed by atoms with Crippen LogP contribution in [0.15, 0.2) is 29.2 Å². The highest BCUT2D eigenvalue weighted by atomic mass is 32.2. The molecular formula is C16H23N3O3S. The van der Waals surface area contributed by atoms with Gasteiger partial charge in [-0.05, 0) is 31.5 Å². The lowest BCUT2D eigenvalue weighted by Crippen LogP contribution is -2.49. The zero-order valence-corrected chi connectivity index (χ0v) is 14.3. The molecule has 1 aliphatic heterocycles. The fraction of sp³-hybridized carbons (Fsp3) is 0.562. The maximum atomic E-state index is 12.3. The fourth-order valence-electron chi connectivity index (χ4n) is 3.12. The fourth-order valence-corrected chi connectivity index (χ4v) is 4.07. The van der Waals surface area contributed by atoms with E-state index in [1.807, 2.05) is 21.9 Å². The summed E-state index contributed by atoms with van der Waals surface area (Å²) >= 11 is 0. The van der Waals surface area contributed by atoms with Crippen molar-refractivity contribution in [2.75, 3.05) is 38.1 Å².